The van der Waals surface area contributed by atoms with Crippen LogP contribution in [0.4, 0.5) is 5.69 Å². The van der Waals surface area contributed by atoms with Gasteiger partial charge in [-0.25, -0.2) is 4.98 Å². The van der Waals surface area contributed by atoms with Gasteiger partial charge in [-0.3, -0.25) is 9.59 Å². The van der Waals surface area contributed by atoms with E-state index in [4.69, 9.17) is 4.74 Å². The van der Waals surface area contributed by atoms with Crippen LogP contribution >= 0.6 is 0 Å². The van der Waals surface area contributed by atoms with Gasteiger partial charge in [0.25, 0.3) is 0 Å². The second-order valence-corrected chi connectivity index (χ2v) is 7.22. The van der Waals surface area contributed by atoms with Crippen molar-refractivity contribution in [2.24, 2.45) is 0 Å². The van der Waals surface area contributed by atoms with E-state index in [9.17, 15) is 14.7 Å². The fourth-order valence-electron chi connectivity index (χ4n) is 3.28. The molecule has 160 valence electrons. The number of ether oxygens (including phenoxy) is 1. The zero-order valence-electron chi connectivity index (χ0n) is 18.0. The van der Waals surface area contributed by atoms with Crippen molar-refractivity contribution in [3.8, 4) is 22.8 Å². The van der Waals surface area contributed by atoms with E-state index in [-0.39, 0.29) is 17.4 Å². The van der Waals surface area contributed by atoms with Crippen molar-refractivity contribution >= 4 is 17.4 Å². The largest absolute Gasteiger partial charge is 0.507 e. The van der Waals surface area contributed by atoms with E-state index in [2.05, 4.69) is 4.98 Å². The van der Waals surface area contributed by atoms with Crippen LogP contribution in [0.1, 0.15) is 35.7 Å². The molecule has 0 aliphatic carbocycles. The van der Waals surface area contributed by atoms with Gasteiger partial charge >= 0.3 is 0 Å². The summed E-state index contributed by atoms with van der Waals surface area (Å²) in [5, 5.41) is 10.5. The highest BCUT2D eigenvalue weighted by Gasteiger charge is 2.13. The smallest absolute Gasteiger partial charge is 0.226 e. The number of anilines is 1. The van der Waals surface area contributed by atoms with Crippen molar-refractivity contribution < 1.29 is 19.4 Å². The quantitative estimate of drug-likeness (QED) is 0.539. The molecule has 31 heavy (non-hydrogen) atoms. The molecule has 0 atom stereocenters. The maximum atomic E-state index is 12.6. The summed E-state index contributed by atoms with van der Waals surface area (Å²) in [6, 6.07) is 16.0. The Bertz CT molecular complexity index is 1060. The lowest BCUT2D eigenvalue weighted by Gasteiger charge is -2.17. The minimum atomic E-state index is -0.0484. The van der Waals surface area contributed by atoms with Gasteiger partial charge in [0.05, 0.1) is 7.11 Å². The Morgan fingerprint density at radius 3 is 2.39 bits per heavy atom. The third kappa shape index (κ3) is 5.28. The molecule has 1 amide bonds. The third-order valence-corrected chi connectivity index (χ3v) is 5.21. The molecular formula is C25H26N2O4. The lowest BCUT2D eigenvalue weighted by Crippen LogP contribution is -2.24. The van der Waals surface area contributed by atoms with Crippen molar-refractivity contribution in [2.45, 2.75) is 26.2 Å². The molecule has 0 fully saturated rings. The van der Waals surface area contributed by atoms with Crippen molar-refractivity contribution in [3.63, 3.8) is 0 Å². The number of carbonyl (C=O) groups is 2. The first-order valence-corrected chi connectivity index (χ1v) is 10.1. The first kappa shape index (κ1) is 22.0. The van der Waals surface area contributed by atoms with E-state index in [1.54, 1.807) is 43.5 Å². The zero-order chi connectivity index (χ0) is 22.4. The normalized spacial score (nSPS) is 10.5. The first-order valence-electron chi connectivity index (χ1n) is 10.1. The van der Waals surface area contributed by atoms with Gasteiger partial charge in [0.2, 0.25) is 11.8 Å². The Labute approximate surface area is 182 Å². The number of benzene rings is 2. The van der Waals surface area contributed by atoms with E-state index in [0.29, 0.717) is 36.3 Å². The van der Waals surface area contributed by atoms with Crippen LogP contribution in [-0.2, 0) is 11.2 Å². The van der Waals surface area contributed by atoms with Gasteiger partial charge in [-0.15, -0.1) is 0 Å². The summed E-state index contributed by atoms with van der Waals surface area (Å²) in [6.45, 7) is 1.82. The van der Waals surface area contributed by atoms with Crippen LogP contribution < -0.4 is 9.64 Å². The van der Waals surface area contributed by atoms with E-state index in [0.717, 1.165) is 16.8 Å². The SMILES string of the molecule is CCC(=O)N(C)c1ccc(-c2ccc(C(=O)CCc3ccc(OC)nc3)cc2O)cc1. The molecule has 6 nitrogen and oxygen atoms in total. The topological polar surface area (TPSA) is 79.7 Å². The average Bonchev–Trinajstić information content (AvgIpc) is 2.81. The molecule has 0 saturated carbocycles. The predicted molar refractivity (Wildman–Crippen MR) is 121 cm³/mol. The van der Waals surface area contributed by atoms with Crippen LogP contribution in [0.3, 0.4) is 0 Å². The highest BCUT2D eigenvalue weighted by Crippen LogP contribution is 2.31. The molecule has 2 aromatic carbocycles. The molecule has 1 heterocycles. The van der Waals surface area contributed by atoms with Crippen LogP contribution in [0, 0.1) is 0 Å². The van der Waals surface area contributed by atoms with Gasteiger partial charge < -0.3 is 14.7 Å². The number of carbonyl (C=O) groups excluding carboxylic acids is 2. The summed E-state index contributed by atoms with van der Waals surface area (Å²) in [5.41, 5.74) is 3.64. The summed E-state index contributed by atoms with van der Waals surface area (Å²) in [6.07, 6.45) is 3.01. The number of pyridine rings is 1. The summed E-state index contributed by atoms with van der Waals surface area (Å²) in [4.78, 5) is 30.1. The van der Waals surface area contributed by atoms with Crippen molar-refractivity contribution in [1.29, 1.82) is 0 Å². The molecule has 0 spiro atoms. The fraction of sp³-hybridized carbons (Fsp3) is 0.240. The van der Waals surface area contributed by atoms with E-state index < -0.39 is 0 Å². The van der Waals surface area contributed by atoms with Gasteiger partial charge in [-0.1, -0.05) is 31.2 Å². The van der Waals surface area contributed by atoms with Gasteiger partial charge in [-0.05, 0) is 41.8 Å². The molecule has 0 radical (unpaired) electrons. The summed E-state index contributed by atoms with van der Waals surface area (Å²) >= 11 is 0. The third-order valence-electron chi connectivity index (χ3n) is 5.21. The molecule has 0 aliphatic rings. The van der Waals surface area contributed by atoms with Crippen LogP contribution in [0.2, 0.25) is 0 Å². The van der Waals surface area contributed by atoms with Crippen molar-refractivity contribution in [2.75, 3.05) is 19.1 Å². The lowest BCUT2D eigenvalue weighted by atomic mass is 9.98. The highest BCUT2D eigenvalue weighted by molar-refractivity contribution is 5.97. The van der Waals surface area contributed by atoms with Gasteiger partial charge in [-0.2, -0.15) is 0 Å². The number of ketones is 1. The monoisotopic (exact) mass is 418 g/mol. The maximum absolute atomic E-state index is 12.6. The molecule has 3 rings (SSSR count). The number of aryl methyl sites for hydroxylation is 1. The highest BCUT2D eigenvalue weighted by atomic mass is 16.5. The number of amides is 1. The summed E-state index contributed by atoms with van der Waals surface area (Å²) in [7, 11) is 3.29. The standard InChI is InChI=1S/C25H26N2O4/c1-4-25(30)27(2)20-10-7-18(8-11-20)21-12-9-19(15-23(21)29)22(28)13-5-17-6-14-24(31-3)26-16-17/h6-12,14-16,29H,4-5,13H2,1-3H3. The molecule has 0 saturated heterocycles. The Kier molecular flexibility index (Phi) is 7.03. The van der Waals surface area contributed by atoms with Crippen LogP contribution in [0.5, 0.6) is 11.6 Å². The Morgan fingerprint density at radius 1 is 1.06 bits per heavy atom. The molecule has 0 aliphatic heterocycles. The van der Waals surface area contributed by atoms with Gasteiger partial charge in [0.15, 0.2) is 5.78 Å². The number of hydrogen-bond acceptors (Lipinski definition) is 5. The second kappa shape index (κ2) is 9.89. The number of methoxy groups -OCH3 is 1. The van der Waals surface area contributed by atoms with Gasteiger partial charge in [0.1, 0.15) is 5.75 Å². The molecule has 1 aromatic heterocycles. The number of aromatic nitrogens is 1. The molecule has 6 heteroatoms. The van der Waals surface area contributed by atoms with Crippen LogP contribution in [0.25, 0.3) is 11.1 Å². The average molecular weight is 418 g/mol. The molecular weight excluding hydrogens is 392 g/mol. The Hall–Kier alpha value is -3.67. The Balaban J connectivity index is 1.68. The van der Waals surface area contributed by atoms with E-state index in [1.807, 2.05) is 37.3 Å². The van der Waals surface area contributed by atoms with Crippen molar-refractivity contribution in [3.05, 3.63) is 71.9 Å². The lowest BCUT2D eigenvalue weighted by molar-refractivity contribution is -0.118. The summed E-state index contributed by atoms with van der Waals surface area (Å²) in [5.74, 6) is 0.562. The minimum Gasteiger partial charge on any atom is -0.507 e. The molecule has 3 aromatic rings. The summed E-state index contributed by atoms with van der Waals surface area (Å²) < 4.78 is 5.04. The number of hydrogen-bond donors (Lipinski definition) is 1. The van der Waals surface area contributed by atoms with Gasteiger partial charge in [0, 0.05) is 49.0 Å². The number of Topliss-reactive ketones (excluding diaryl/α,β-unsaturated/α-hetero) is 1. The first-order chi connectivity index (χ1) is 14.9. The molecule has 0 unspecified atom stereocenters. The number of phenolic OH excluding ortho intramolecular Hbond substituents is 1. The fourth-order valence-corrected chi connectivity index (χ4v) is 3.28. The van der Waals surface area contributed by atoms with Crippen LogP contribution in [0.15, 0.2) is 60.8 Å². The number of phenols is 1. The van der Waals surface area contributed by atoms with E-state index in [1.165, 1.54) is 6.07 Å². The Morgan fingerprint density at radius 2 is 1.81 bits per heavy atom. The number of nitrogens with zero attached hydrogens (tertiary/aromatic N) is 2. The molecule has 0 bridgehead atoms. The van der Waals surface area contributed by atoms with Crippen molar-refractivity contribution in [1.82, 2.24) is 4.98 Å². The predicted octanol–water partition coefficient (Wildman–Crippen LogP) is 4.65. The minimum absolute atomic E-state index is 0.0314. The number of aromatic hydroxyl groups is 1. The maximum Gasteiger partial charge on any atom is 0.226 e. The van der Waals surface area contributed by atoms with E-state index >= 15 is 0 Å². The molecule has 1 N–H and O–H groups in total. The second-order valence-electron chi connectivity index (χ2n) is 7.22. The zero-order valence-corrected chi connectivity index (χ0v) is 18.0. The van der Waals surface area contributed by atoms with Crippen LogP contribution in [-0.4, -0.2) is 35.9 Å². The number of rotatable bonds is 8.